The van der Waals surface area contributed by atoms with E-state index in [2.05, 4.69) is 267 Å². The first-order valence-electron chi connectivity index (χ1n) is 26.7. The number of anilines is 6. The summed E-state index contributed by atoms with van der Waals surface area (Å²) in [7, 11) is 0. The van der Waals surface area contributed by atoms with Crippen LogP contribution in [-0.4, -0.2) is 6.71 Å². The van der Waals surface area contributed by atoms with Crippen LogP contribution in [0, 0.1) is 13.8 Å². The third-order valence-electron chi connectivity index (χ3n) is 18.1. The van der Waals surface area contributed by atoms with Gasteiger partial charge in [0.05, 0.1) is 16.5 Å². The molecule has 0 bridgehead atoms. The molecule has 4 heteroatoms. The quantitative estimate of drug-likeness (QED) is 0.163. The summed E-state index contributed by atoms with van der Waals surface area (Å²) in [5.41, 5.74) is 33.3. The molecule has 0 N–H and O–H groups in total. The molecule has 0 unspecified atom stereocenters. The van der Waals surface area contributed by atoms with E-state index in [1.807, 2.05) is 0 Å². The van der Waals surface area contributed by atoms with Gasteiger partial charge in [-0.3, -0.25) is 0 Å². The minimum Gasteiger partial charge on any atom is -0.311 e. The van der Waals surface area contributed by atoms with E-state index in [9.17, 15) is 0 Å². The molecular formula is C71H49BN2S. The van der Waals surface area contributed by atoms with E-state index in [1.165, 1.54) is 149 Å². The van der Waals surface area contributed by atoms with Gasteiger partial charge in [-0.2, -0.15) is 0 Å². The van der Waals surface area contributed by atoms with Crippen LogP contribution in [0.25, 0.3) is 44.5 Å². The summed E-state index contributed by atoms with van der Waals surface area (Å²) in [5, 5.41) is 0. The minimum absolute atomic E-state index is 0.0580. The van der Waals surface area contributed by atoms with Crippen LogP contribution >= 0.6 is 11.3 Å². The third-order valence-corrected chi connectivity index (χ3v) is 19.5. The Morgan fingerprint density at radius 1 is 0.400 bits per heavy atom. The Hall–Kier alpha value is -8.44. The van der Waals surface area contributed by atoms with Crippen molar-refractivity contribution >= 4 is 67.9 Å². The molecule has 3 heterocycles. The molecule has 0 saturated carbocycles. The van der Waals surface area contributed by atoms with Gasteiger partial charge in [-0.15, -0.1) is 11.3 Å². The Labute approximate surface area is 443 Å². The molecule has 6 aliphatic rings. The van der Waals surface area contributed by atoms with Crippen molar-refractivity contribution in [2.75, 3.05) is 9.80 Å². The summed E-state index contributed by atoms with van der Waals surface area (Å²) in [6.07, 6.45) is 0. The Balaban J connectivity index is 1.03. The molecule has 352 valence electrons. The van der Waals surface area contributed by atoms with Crippen LogP contribution < -0.4 is 25.5 Å². The second kappa shape index (κ2) is 14.7. The standard InChI is InChI=1S/C71H49BN2S/c1-41(2)44-32-35-52-59(38-44)71(57-28-16-10-22-49(57)50-23-11-17-29-58(50)71)68-65(52)67-69(75-68)72-61-39-53-51-24-12-15-27-56(51)70(54-25-13-8-20-47(54)48-21-9-14-26-55(48)70)60(53)40-62(61)73(45-18-6-5-7-19-45)63-36-43(4)37-64(66(63)72)74(67)46-33-30-42(3)31-34-46/h5-41H,1-4H3. The smallest absolute Gasteiger partial charge is 0.264 e. The summed E-state index contributed by atoms with van der Waals surface area (Å²) in [5.74, 6) is 0.382. The second-order valence-corrected chi connectivity index (χ2v) is 23.2. The summed E-state index contributed by atoms with van der Waals surface area (Å²) in [4.78, 5) is 6.73. The highest BCUT2D eigenvalue weighted by atomic mass is 32.1. The summed E-state index contributed by atoms with van der Waals surface area (Å²) >= 11 is 2.08. The van der Waals surface area contributed by atoms with Crippen molar-refractivity contribution in [3.8, 4) is 44.5 Å². The molecule has 17 rings (SSSR count). The lowest BCUT2D eigenvalue weighted by Gasteiger charge is -2.44. The van der Waals surface area contributed by atoms with Crippen LogP contribution in [0.4, 0.5) is 34.1 Å². The molecular weight excluding hydrogens is 924 g/mol. The summed E-state index contributed by atoms with van der Waals surface area (Å²) < 4.78 is 1.41. The van der Waals surface area contributed by atoms with Crippen molar-refractivity contribution in [3.63, 3.8) is 0 Å². The van der Waals surface area contributed by atoms with Crippen LogP contribution in [0.3, 0.4) is 0 Å². The molecule has 75 heavy (non-hydrogen) atoms. The maximum Gasteiger partial charge on any atom is 0.264 e. The Kier molecular flexibility index (Phi) is 8.20. The number of hydrogen-bond acceptors (Lipinski definition) is 3. The van der Waals surface area contributed by atoms with Crippen molar-refractivity contribution in [1.82, 2.24) is 0 Å². The average Bonchev–Trinajstić information content (AvgIpc) is 4.41. The zero-order chi connectivity index (χ0) is 49.6. The Morgan fingerprint density at radius 3 is 1.47 bits per heavy atom. The summed E-state index contributed by atoms with van der Waals surface area (Å²) in [6, 6.07) is 84.6. The normalized spacial score (nSPS) is 15.2. The highest BCUT2D eigenvalue weighted by molar-refractivity contribution is 7.30. The van der Waals surface area contributed by atoms with E-state index < -0.39 is 10.8 Å². The zero-order valence-corrected chi connectivity index (χ0v) is 43.1. The molecule has 1 aromatic heterocycles. The number of para-hydroxylation sites is 1. The van der Waals surface area contributed by atoms with Gasteiger partial charge in [-0.1, -0.05) is 195 Å². The van der Waals surface area contributed by atoms with E-state index in [1.54, 1.807) is 0 Å². The van der Waals surface area contributed by atoms with Gasteiger partial charge in [0.1, 0.15) is 0 Å². The maximum atomic E-state index is 2.68. The lowest BCUT2D eigenvalue weighted by molar-refractivity contribution is 0.794. The third kappa shape index (κ3) is 5.03. The van der Waals surface area contributed by atoms with Gasteiger partial charge in [0.15, 0.2) is 0 Å². The number of benzene rings is 10. The molecule has 0 saturated heterocycles. The van der Waals surface area contributed by atoms with Crippen molar-refractivity contribution in [2.45, 2.75) is 44.4 Å². The molecule has 0 radical (unpaired) electrons. The lowest BCUT2D eigenvalue weighted by Crippen LogP contribution is -2.60. The van der Waals surface area contributed by atoms with Crippen molar-refractivity contribution < 1.29 is 0 Å². The van der Waals surface area contributed by atoms with Gasteiger partial charge in [0.2, 0.25) is 0 Å². The highest BCUT2D eigenvalue weighted by Gasteiger charge is 2.58. The monoisotopic (exact) mass is 972 g/mol. The van der Waals surface area contributed by atoms with Gasteiger partial charge in [0.25, 0.3) is 6.71 Å². The minimum atomic E-state index is -0.491. The van der Waals surface area contributed by atoms with E-state index in [-0.39, 0.29) is 6.71 Å². The Morgan fingerprint density at radius 2 is 0.893 bits per heavy atom. The van der Waals surface area contributed by atoms with E-state index >= 15 is 0 Å². The number of hydrogen-bond donors (Lipinski definition) is 0. The number of aryl methyl sites for hydroxylation is 2. The van der Waals surface area contributed by atoms with Crippen LogP contribution in [0.5, 0.6) is 0 Å². The largest absolute Gasteiger partial charge is 0.311 e. The molecule has 10 aromatic carbocycles. The lowest BCUT2D eigenvalue weighted by atomic mass is 9.36. The Bertz CT molecular complexity index is 4240. The van der Waals surface area contributed by atoms with Crippen molar-refractivity contribution in [2.24, 2.45) is 0 Å². The highest BCUT2D eigenvalue weighted by Crippen LogP contribution is 2.68. The molecule has 0 amide bonds. The van der Waals surface area contributed by atoms with E-state index in [0.29, 0.717) is 5.92 Å². The van der Waals surface area contributed by atoms with Crippen LogP contribution in [-0.2, 0) is 10.8 Å². The van der Waals surface area contributed by atoms with Crippen LogP contribution in [0.15, 0.2) is 218 Å². The van der Waals surface area contributed by atoms with Crippen LogP contribution in [0.1, 0.15) is 80.3 Å². The topological polar surface area (TPSA) is 6.48 Å². The SMILES string of the molecule is Cc1ccc(N2c3cc(C)cc4c3B(c3cc5c(cc3N4c3ccccc3)C3(c4ccccc4-c4ccccc43)c3ccccc3-5)c3sc4c(c32)-c2ccc(C(C)C)cc2C42c3ccccc3-c3ccccc32)cc1. The van der Waals surface area contributed by atoms with Gasteiger partial charge >= 0.3 is 0 Å². The van der Waals surface area contributed by atoms with Gasteiger partial charge < -0.3 is 9.80 Å². The number of fused-ring (bicyclic) bond motifs is 25. The van der Waals surface area contributed by atoms with Crippen LogP contribution in [0.2, 0.25) is 0 Å². The fourth-order valence-corrected chi connectivity index (χ4v) is 16.9. The predicted octanol–water partition coefficient (Wildman–Crippen LogP) is 16.3. The average molecular weight is 973 g/mol. The predicted molar refractivity (Wildman–Crippen MR) is 315 cm³/mol. The fraction of sp³-hybridized carbons (Fsp3) is 0.0986. The molecule has 4 aliphatic carbocycles. The van der Waals surface area contributed by atoms with E-state index in [4.69, 9.17) is 0 Å². The van der Waals surface area contributed by atoms with Crippen molar-refractivity contribution in [3.05, 3.63) is 279 Å². The van der Waals surface area contributed by atoms with Gasteiger partial charge in [0, 0.05) is 43.7 Å². The molecule has 2 aliphatic heterocycles. The first-order valence-corrected chi connectivity index (χ1v) is 27.5. The van der Waals surface area contributed by atoms with Gasteiger partial charge in [-0.05, 0) is 162 Å². The maximum absolute atomic E-state index is 2.68. The molecule has 0 fully saturated rings. The molecule has 2 spiro atoms. The zero-order valence-electron chi connectivity index (χ0n) is 42.2. The number of thiophene rings is 1. The number of rotatable bonds is 3. The molecule has 11 aromatic rings. The summed E-state index contributed by atoms with van der Waals surface area (Å²) in [6.45, 7) is 9.13. The first-order chi connectivity index (χ1) is 36.9. The van der Waals surface area contributed by atoms with E-state index in [0.717, 1.165) is 5.69 Å². The second-order valence-electron chi connectivity index (χ2n) is 22.2. The fourth-order valence-electron chi connectivity index (χ4n) is 15.2. The number of nitrogens with zero attached hydrogens (tertiary/aromatic N) is 2. The van der Waals surface area contributed by atoms with Gasteiger partial charge in [-0.25, -0.2) is 0 Å². The van der Waals surface area contributed by atoms with Crippen molar-refractivity contribution in [1.29, 1.82) is 0 Å². The first kappa shape index (κ1) is 42.0. The molecule has 0 atom stereocenters. The molecule has 2 nitrogen and oxygen atoms in total.